The quantitative estimate of drug-likeness (QED) is 0.636. The minimum atomic E-state index is -0.964. The van der Waals surface area contributed by atoms with Crippen molar-refractivity contribution in [1.82, 2.24) is 10.6 Å². The number of amides is 2. The van der Waals surface area contributed by atoms with Gasteiger partial charge in [0.05, 0.1) is 18.2 Å². The molecule has 3 rings (SSSR count). The first-order valence-electron chi connectivity index (χ1n) is 10.6. The van der Waals surface area contributed by atoms with Gasteiger partial charge in [0.2, 0.25) is 0 Å². The average Bonchev–Trinajstić information content (AvgIpc) is 2.78. The van der Waals surface area contributed by atoms with E-state index in [-0.39, 0.29) is 18.5 Å². The molecule has 7 heteroatoms. The van der Waals surface area contributed by atoms with Crippen molar-refractivity contribution in [3.05, 3.63) is 65.2 Å². The lowest BCUT2D eigenvalue weighted by Gasteiger charge is -2.27. The van der Waals surface area contributed by atoms with Crippen LogP contribution in [0.4, 0.5) is 0 Å². The molecule has 2 N–H and O–H groups in total. The third kappa shape index (κ3) is 5.84. The number of benzene rings is 2. The molecule has 2 amide bonds. The van der Waals surface area contributed by atoms with E-state index in [1.165, 1.54) is 12.5 Å². The topological polar surface area (TPSA) is 93.7 Å². The van der Waals surface area contributed by atoms with Gasteiger partial charge in [-0.05, 0) is 56.4 Å². The van der Waals surface area contributed by atoms with Crippen LogP contribution < -0.4 is 15.4 Å². The van der Waals surface area contributed by atoms with Gasteiger partial charge in [0.15, 0.2) is 6.10 Å². The molecule has 0 unspecified atom stereocenters. The smallest absolute Gasteiger partial charge is 0.326 e. The van der Waals surface area contributed by atoms with E-state index in [4.69, 9.17) is 9.47 Å². The second-order valence-corrected chi connectivity index (χ2v) is 7.40. The Morgan fingerprint density at radius 3 is 2.65 bits per heavy atom. The Kier molecular flexibility index (Phi) is 7.65. The fourth-order valence-electron chi connectivity index (χ4n) is 3.67. The number of hydrogen-bond acceptors (Lipinski definition) is 5. The number of rotatable bonds is 8. The van der Waals surface area contributed by atoms with Crippen molar-refractivity contribution in [1.29, 1.82) is 0 Å². The highest BCUT2D eigenvalue weighted by molar-refractivity contribution is 5.98. The van der Waals surface area contributed by atoms with Gasteiger partial charge < -0.3 is 20.1 Å². The number of aryl methyl sites for hydroxylation is 1. The summed E-state index contributed by atoms with van der Waals surface area (Å²) in [5.41, 5.74) is 2.68. The van der Waals surface area contributed by atoms with Crippen LogP contribution in [-0.2, 0) is 20.7 Å². The number of ether oxygens (including phenoxy) is 2. The van der Waals surface area contributed by atoms with Crippen molar-refractivity contribution in [3.8, 4) is 5.75 Å². The monoisotopic (exact) mass is 424 g/mol. The van der Waals surface area contributed by atoms with Crippen LogP contribution in [0.5, 0.6) is 5.75 Å². The normalized spacial score (nSPS) is 15.9. The first kappa shape index (κ1) is 22.3. The second kappa shape index (κ2) is 10.6. The van der Waals surface area contributed by atoms with Crippen molar-refractivity contribution in [3.63, 3.8) is 0 Å². The largest absolute Gasteiger partial charge is 0.493 e. The Balaban J connectivity index is 1.49. The summed E-state index contributed by atoms with van der Waals surface area (Å²) in [6.45, 7) is 3.42. The number of hydrogen-bond donors (Lipinski definition) is 2. The summed E-state index contributed by atoms with van der Waals surface area (Å²) in [6, 6.07) is 14.7. The SMILES string of the molecule is CCOc1ccccc1C(=O)NCC(=O)O[C@H](C)C(=O)N[C@@H]1CCCc2ccccc21. The summed E-state index contributed by atoms with van der Waals surface area (Å²) >= 11 is 0. The van der Waals surface area contributed by atoms with Crippen molar-refractivity contribution in [2.45, 2.75) is 45.3 Å². The number of carbonyl (C=O) groups excluding carboxylic acids is 3. The van der Waals surface area contributed by atoms with Gasteiger partial charge in [-0.15, -0.1) is 0 Å². The van der Waals surface area contributed by atoms with Gasteiger partial charge in [0.25, 0.3) is 11.8 Å². The van der Waals surface area contributed by atoms with Crippen LogP contribution in [0.25, 0.3) is 0 Å². The average molecular weight is 424 g/mol. The van der Waals surface area contributed by atoms with E-state index in [0.29, 0.717) is 17.9 Å². The van der Waals surface area contributed by atoms with Crippen LogP contribution >= 0.6 is 0 Å². The standard InChI is InChI=1S/C24H28N2O5/c1-3-30-21-14-7-6-12-19(21)24(29)25-15-22(27)31-16(2)23(28)26-20-13-8-10-17-9-4-5-11-18(17)20/h4-7,9,11-12,14,16,20H,3,8,10,13,15H2,1-2H3,(H,25,29)(H,26,28)/t16-,20-/m1/s1. The predicted molar refractivity (Wildman–Crippen MR) is 116 cm³/mol. The lowest BCUT2D eigenvalue weighted by atomic mass is 9.87. The molecule has 2 aromatic rings. The van der Waals surface area contributed by atoms with E-state index in [2.05, 4.69) is 16.7 Å². The zero-order valence-corrected chi connectivity index (χ0v) is 17.9. The molecule has 2 atom stereocenters. The van der Waals surface area contributed by atoms with Gasteiger partial charge in [-0.2, -0.15) is 0 Å². The molecule has 0 fully saturated rings. The summed E-state index contributed by atoms with van der Waals surface area (Å²) in [4.78, 5) is 37.1. The molecule has 7 nitrogen and oxygen atoms in total. The summed E-state index contributed by atoms with van der Waals surface area (Å²) in [5, 5.41) is 5.48. The van der Waals surface area contributed by atoms with Gasteiger partial charge in [-0.3, -0.25) is 14.4 Å². The Labute approximate surface area is 182 Å². The van der Waals surface area contributed by atoms with E-state index in [1.807, 2.05) is 25.1 Å². The highest BCUT2D eigenvalue weighted by Crippen LogP contribution is 2.29. The Morgan fingerprint density at radius 2 is 1.84 bits per heavy atom. The molecule has 0 heterocycles. The minimum Gasteiger partial charge on any atom is -0.493 e. The van der Waals surface area contributed by atoms with E-state index in [0.717, 1.165) is 24.8 Å². The van der Waals surface area contributed by atoms with Crippen LogP contribution in [0.1, 0.15) is 54.2 Å². The van der Waals surface area contributed by atoms with E-state index in [1.54, 1.807) is 24.3 Å². The lowest BCUT2D eigenvalue weighted by Crippen LogP contribution is -2.41. The minimum absolute atomic E-state index is 0.0895. The molecule has 0 radical (unpaired) electrons. The summed E-state index contributed by atoms with van der Waals surface area (Å²) in [7, 11) is 0. The molecule has 164 valence electrons. The Hall–Kier alpha value is -3.35. The predicted octanol–water partition coefficient (Wildman–Crippen LogP) is 2.94. The summed E-state index contributed by atoms with van der Waals surface area (Å²) in [5.74, 6) is -1.05. The van der Waals surface area contributed by atoms with Gasteiger partial charge in [0.1, 0.15) is 12.3 Å². The van der Waals surface area contributed by atoms with Crippen LogP contribution in [0.2, 0.25) is 0 Å². The van der Waals surface area contributed by atoms with Gasteiger partial charge in [-0.1, -0.05) is 36.4 Å². The number of nitrogens with one attached hydrogen (secondary N) is 2. The molecule has 0 spiro atoms. The third-order valence-electron chi connectivity index (χ3n) is 5.19. The van der Waals surface area contributed by atoms with Crippen LogP contribution in [0, 0.1) is 0 Å². The maximum atomic E-state index is 12.5. The van der Waals surface area contributed by atoms with Crippen molar-refractivity contribution in [2.75, 3.05) is 13.2 Å². The highest BCUT2D eigenvalue weighted by atomic mass is 16.5. The molecular weight excluding hydrogens is 396 g/mol. The maximum absolute atomic E-state index is 12.5. The summed E-state index contributed by atoms with van der Waals surface area (Å²) in [6.07, 6.45) is 1.87. The number of fused-ring (bicyclic) bond motifs is 1. The fourth-order valence-corrected chi connectivity index (χ4v) is 3.67. The van der Waals surface area contributed by atoms with E-state index < -0.39 is 18.0 Å². The number of para-hydroxylation sites is 1. The lowest BCUT2D eigenvalue weighted by molar-refractivity contribution is -0.154. The molecule has 1 aliphatic carbocycles. The molecule has 0 bridgehead atoms. The first-order chi connectivity index (χ1) is 15.0. The van der Waals surface area contributed by atoms with Gasteiger partial charge in [-0.25, -0.2) is 0 Å². The molecule has 0 saturated heterocycles. The van der Waals surface area contributed by atoms with Gasteiger partial charge in [0, 0.05) is 0 Å². The van der Waals surface area contributed by atoms with Crippen molar-refractivity contribution >= 4 is 17.8 Å². The van der Waals surface area contributed by atoms with Crippen molar-refractivity contribution in [2.24, 2.45) is 0 Å². The molecule has 2 aromatic carbocycles. The van der Waals surface area contributed by atoms with Crippen LogP contribution in [0.15, 0.2) is 48.5 Å². The fraction of sp³-hybridized carbons (Fsp3) is 0.375. The maximum Gasteiger partial charge on any atom is 0.326 e. The van der Waals surface area contributed by atoms with Crippen molar-refractivity contribution < 1.29 is 23.9 Å². The number of carbonyl (C=O) groups is 3. The number of esters is 1. The third-order valence-corrected chi connectivity index (χ3v) is 5.19. The van der Waals surface area contributed by atoms with Crippen LogP contribution in [0.3, 0.4) is 0 Å². The highest BCUT2D eigenvalue weighted by Gasteiger charge is 2.25. The second-order valence-electron chi connectivity index (χ2n) is 7.40. The zero-order valence-electron chi connectivity index (χ0n) is 17.9. The Morgan fingerprint density at radius 1 is 1.10 bits per heavy atom. The Bertz CT molecular complexity index is 943. The first-order valence-corrected chi connectivity index (χ1v) is 10.6. The molecular formula is C24H28N2O5. The molecule has 31 heavy (non-hydrogen) atoms. The molecule has 1 aliphatic rings. The molecule has 0 aliphatic heterocycles. The summed E-state index contributed by atoms with van der Waals surface area (Å²) < 4.78 is 10.6. The zero-order chi connectivity index (χ0) is 22.2. The van der Waals surface area contributed by atoms with Crippen LogP contribution in [-0.4, -0.2) is 37.0 Å². The van der Waals surface area contributed by atoms with E-state index >= 15 is 0 Å². The van der Waals surface area contributed by atoms with E-state index in [9.17, 15) is 14.4 Å². The van der Waals surface area contributed by atoms with Gasteiger partial charge >= 0.3 is 5.97 Å². The molecule has 0 aromatic heterocycles. The molecule has 0 saturated carbocycles.